The van der Waals surface area contributed by atoms with Gasteiger partial charge in [-0.05, 0) is 81.2 Å². The molecule has 1 N–H and O–H groups in total. The van der Waals surface area contributed by atoms with Gasteiger partial charge in [0.05, 0.1) is 18.8 Å². The molecule has 1 aromatic heterocycles. The van der Waals surface area contributed by atoms with Crippen LogP contribution >= 0.6 is 12.4 Å². The minimum atomic E-state index is -0.465. The Kier molecular flexibility index (Phi) is 8.14. The first kappa shape index (κ1) is 23.8. The summed E-state index contributed by atoms with van der Waals surface area (Å²) in [5.41, 5.74) is 1.57. The van der Waals surface area contributed by atoms with Crippen molar-refractivity contribution in [3.05, 3.63) is 35.6 Å². The van der Waals surface area contributed by atoms with Crippen molar-refractivity contribution >= 4 is 35.1 Å². The minimum absolute atomic E-state index is 0. The highest BCUT2D eigenvalue weighted by Gasteiger charge is 2.38. The molecule has 2 aliphatic rings. The number of esters is 1. The highest BCUT2D eigenvalue weighted by molar-refractivity contribution is 5.93. The van der Waals surface area contributed by atoms with E-state index in [4.69, 9.17) is 13.9 Å². The summed E-state index contributed by atoms with van der Waals surface area (Å²) >= 11 is 0. The molecule has 0 amide bonds. The molecule has 1 saturated heterocycles. The summed E-state index contributed by atoms with van der Waals surface area (Å²) in [4.78, 5) is 25.0. The highest BCUT2D eigenvalue weighted by Crippen LogP contribution is 2.37. The van der Waals surface area contributed by atoms with Crippen molar-refractivity contribution in [2.24, 2.45) is 11.8 Å². The van der Waals surface area contributed by atoms with Gasteiger partial charge in [-0.2, -0.15) is 0 Å². The summed E-state index contributed by atoms with van der Waals surface area (Å²) in [7, 11) is 1.79. The second-order valence-electron chi connectivity index (χ2n) is 8.50. The molecule has 1 saturated carbocycles. The lowest BCUT2D eigenvalue weighted by atomic mass is 9.74. The summed E-state index contributed by atoms with van der Waals surface area (Å²) in [6.07, 6.45) is 6.32. The van der Waals surface area contributed by atoms with Crippen molar-refractivity contribution < 1.29 is 23.5 Å². The lowest BCUT2D eigenvalue weighted by Crippen LogP contribution is -2.40. The normalized spacial score (nSPS) is 25.9. The maximum absolute atomic E-state index is 13.1. The lowest BCUT2D eigenvalue weighted by Gasteiger charge is -2.33. The fraction of sp³-hybridized carbons (Fsp3) is 0.583. The van der Waals surface area contributed by atoms with E-state index >= 15 is 0 Å². The molecule has 2 aromatic rings. The monoisotopic (exact) mass is 449 g/mol. The van der Waals surface area contributed by atoms with E-state index in [1.54, 1.807) is 20.1 Å². The number of ether oxygens (including phenoxy) is 2. The van der Waals surface area contributed by atoms with E-state index in [9.17, 15) is 9.59 Å². The summed E-state index contributed by atoms with van der Waals surface area (Å²) in [5, 5.41) is 4.28. The number of carbonyl (C=O) groups is 2. The summed E-state index contributed by atoms with van der Waals surface area (Å²) < 4.78 is 16.1. The molecule has 1 aliphatic heterocycles. The first-order valence-corrected chi connectivity index (χ1v) is 11.1. The average Bonchev–Trinajstić information content (AvgIpc) is 3.41. The van der Waals surface area contributed by atoms with Gasteiger partial charge in [-0.3, -0.25) is 4.79 Å². The fourth-order valence-electron chi connectivity index (χ4n) is 5.15. The molecule has 2 fully saturated rings. The number of halogens is 1. The van der Waals surface area contributed by atoms with Crippen LogP contribution < -0.4 is 5.32 Å². The number of benzene rings is 1. The molecule has 0 spiro atoms. The number of fused-ring (bicyclic) bond motifs is 1. The van der Waals surface area contributed by atoms with Crippen LogP contribution in [0.2, 0.25) is 0 Å². The highest BCUT2D eigenvalue weighted by atomic mass is 35.5. The maximum atomic E-state index is 13.1. The molecule has 0 bridgehead atoms. The largest absolute Gasteiger partial charge is 0.460 e. The number of hydrogen-bond donors (Lipinski definition) is 1. The SMILES string of the molecule is CCOC(=O)c1cc2cc(CC(=O)[C@@H]3NCC[C@@H]3C3CCC(OC)CC3)ccc2o1.Cl. The van der Waals surface area contributed by atoms with E-state index in [-0.39, 0.29) is 30.0 Å². The number of rotatable bonds is 7. The predicted molar refractivity (Wildman–Crippen MR) is 121 cm³/mol. The van der Waals surface area contributed by atoms with Gasteiger partial charge in [-0.15, -0.1) is 12.4 Å². The quantitative estimate of drug-likeness (QED) is 0.634. The average molecular weight is 450 g/mol. The number of Topliss-reactive ketones (excluding diaryl/α,β-unsaturated/α-hetero) is 1. The van der Waals surface area contributed by atoms with Crippen molar-refractivity contribution in [3.63, 3.8) is 0 Å². The van der Waals surface area contributed by atoms with Gasteiger partial charge in [-0.1, -0.05) is 6.07 Å². The van der Waals surface area contributed by atoms with Gasteiger partial charge in [0.25, 0.3) is 0 Å². The molecule has 2 atom stereocenters. The van der Waals surface area contributed by atoms with Crippen LogP contribution in [0, 0.1) is 11.8 Å². The number of ketones is 1. The number of methoxy groups -OCH3 is 1. The minimum Gasteiger partial charge on any atom is -0.460 e. The van der Waals surface area contributed by atoms with Crippen molar-refractivity contribution in [1.82, 2.24) is 5.32 Å². The molecule has 0 unspecified atom stereocenters. The Morgan fingerprint density at radius 1 is 1.13 bits per heavy atom. The molecule has 2 heterocycles. The van der Waals surface area contributed by atoms with Crippen molar-refractivity contribution in [2.75, 3.05) is 20.3 Å². The Balaban J connectivity index is 0.00000272. The van der Waals surface area contributed by atoms with Crippen LogP contribution in [0.4, 0.5) is 0 Å². The van der Waals surface area contributed by atoms with E-state index in [1.165, 1.54) is 0 Å². The molecule has 7 heteroatoms. The van der Waals surface area contributed by atoms with E-state index in [0.717, 1.165) is 49.6 Å². The van der Waals surface area contributed by atoms with Gasteiger partial charge >= 0.3 is 5.97 Å². The van der Waals surface area contributed by atoms with Gasteiger partial charge < -0.3 is 19.2 Å². The third-order valence-electron chi connectivity index (χ3n) is 6.71. The second kappa shape index (κ2) is 10.6. The number of nitrogens with one attached hydrogen (secondary N) is 1. The molecule has 4 rings (SSSR count). The molecule has 0 radical (unpaired) electrons. The molecule has 31 heavy (non-hydrogen) atoms. The van der Waals surface area contributed by atoms with Crippen LogP contribution in [0.3, 0.4) is 0 Å². The van der Waals surface area contributed by atoms with Gasteiger partial charge in [0.15, 0.2) is 5.78 Å². The number of hydrogen-bond acceptors (Lipinski definition) is 6. The molecule has 1 aliphatic carbocycles. The predicted octanol–water partition coefficient (Wildman–Crippen LogP) is 4.33. The number of carbonyl (C=O) groups excluding carboxylic acids is 2. The van der Waals surface area contributed by atoms with Crippen LogP contribution in [0.15, 0.2) is 28.7 Å². The van der Waals surface area contributed by atoms with Gasteiger partial charge in [-0.25, -0.2) is 4.79 Å². The van der Waals surface area contributed by atoms with Crippen molar-refractivity contribution in [1.29, 1.82) is 0 Å². The Bertz CT molecular complexity index is 903. The Labute approximate surface area is 189 Å². The molecule has 6 nitrogen and oxygen atoms in total. The number of furan rings is 1. The van der Waals surface area contributed by atoms with Crippen LogP contribution in [-0.4, -0.2) is 44.2 Å². The zero-order valence-corrected chi connectivity index (χ0v) is 19.0. The summed E-state index contributed by atoms with van der Waals surface area (Å²) in [6.45, 7) is 2.98. The lowest BCUT2D eigenvalue weighted by molar-refractivity contribution is -0.121. The van der Waals surface area contributed by atoms with Gasteiger partial charge in [0.1, 0.15) is 5.58 Å². The van der Waals surface area contributed by atoms with E-state index in [2.05, 4.69) is 5.32 Å². The third-order valence-corrected chi connectivity index (χ3v) is 6.71. The first-order valence-electron chi connectivity index (χ1n) is 11.1. The van der Waals surface area contributed by atoms with Crippen LogP contribution in [-0.2, 0) is 20.7 Å². The zero-order valence-electron chi connectivity index (χ0n) is 18.2. The van der Waals surface area contributed by atoms with E-state index in [0.29, 0.717) is 36.6 Å². The van der Waals surface area contributed by atoms with Crippen LogP contribution in [0.1, 0.15) is 55.1 Å². The summed E-state index contributed by atoms with van der Waals surface area (Å²) in [5.74, 6) is 0.999. The second-order valence-corrected chi connectivity index (χ2v) is 8.50. The smallest absolute Gasteiger partial charge is 0.374 e. The standard InChI is InChI=1S/C24H31NO5.ClH/c1-3-29-24(27)22-14-17-12-15(4-9-21(17)30-22)13-20(26)23-19(10-11-25-23)16-5-7-18(28-2)8-6-16;/h4,9,12,14,16,18-19,23,25H,3,5-8,10-11,13H2,1-2H3;1H/t16?,18?,19-,23-;/m1./s1. The van der Waals surface area contributed by atoms with Crippen LogP contribution in [0.5, 0.6) is 0 Å². The maximum Gasteiger partial charge on any atom is 0.374 e. The van der Waals surface area contributed by atoms with E-state index < -0.39 is 5.97 Å². The molecule has 170 valence electrons. The first-order chi connectivity index (χ1) is 14.6. The molecular formula is C24H32ClNO5. The molecule has 1 aromatic carbocycles. The fourth-order valence-corrected chi connectivity index (χ4v) is 5.15. The van der Waals surface area contributed by atoms with Crippen molar-refractivity contribution in [2.45, 2.75) is 57.6 Å². The Hall–Kier alpha value is -1.89. The third kappa shape index (κ3) is 5.30. The van der Waals surface area contributed by atoms with Gasteiger partial charge in [0, 0.05) is 18.9 Å². The summed E-state index contributed by atoms with van der Waals surface area (Å²) in [6, 6.07) is 7.29. The molecular weight excluding hydrogens is 418 g/mol. The van der Waals surface area contributed by atoms with Crippen LogP contribution in [0.25, 0.3) is 11.0 Å². The zero-order chi connectivity index (χ0) is 21.1. The van der Waals surface area contributed by atoms with Gasteiger partial charge in [0.2, 0.25) is 5.76 Å². The topological polar surface area (TPSA) is 77.8 Å². The Morgan fingerprint density at radius 2 is 1.90 bits per heavy atom. The van der Waals surface area contributed by atoms with E-state index in [1.807, 2.05) is 18.2 Å². The van der Waals surface area contributed by atoms with Crippen molar-refractivity contribution in [3.8, 4) is 0 Å². The Morgan fingerprint density at radius 3 is 2.61 bits per heavy atom.